The van der Waals surface area contributed by atoms with Crippen molar-refractivity contribution in [3.05, 3.63) is 57.4 Å². The zero-order valence-electron chi connectivity index (χ0n) is 11.1. The maximum atomic E-state index is 12.8. The smallest absolute Gasteiger partial charge is 0.314 e. The average molecular weight is 398 g/mol. The third kappa shape index (κ3) is 4.25. The molecule has 0 fully saturated rings. The zero-order valence-corrected chi connectivity index (χ0v) is 13.3. The average Bonchev–Trinajstić information content (AvgIpc) is 2.44. The molecule has 21 heavy (non-hydrogen) atoms. The van der Waals surface area contributed by atoms with Gasteiger partial charge in [-0.05, 0) is 77.5 Å². The Labute approximate surface area is 134 Å². The summed E-state index contributed by atoms with van der Waals surface area (Å²) in [6.07, 6.45) is 0. The van der Waals surface area contributed by atoms with Crippen molar-refractivity contribution in [3.63, 3.8) is 0 Å². The highest BCUT2D eigenvalue weighted by molar-refractivity contribution is 14.1. The Morgan fingerprint density at radius 3 is 2.24 bits per heavy atom. The first-order valence-corrected chi connectivity index (χ1v) is 7.17. The number of anilines is 2. The maximum Gasteiger partial charge on any atom is 0.314 e. The van der Waals surface area contributed by atoms with E-state index in [1.165, 1.54) is 24.3 Å². The zero-order chi connectivity index (χ0) is 15.4. The van der Waals surface area contributed by atoms with Gasteiger partial charge in [-0.25, -0.2) is 4.39 Å². The van der Waals surface area contributed by atoms with Crippen LogP contribution in [0.3, 0.4) is 0 Å². The lowest BCUT2D eigenvalue weighted by atomic mass is 10.2. The van der Waals surface area contributed by atoms with Gasteiger partial charge < -0.3 is 10.6 Å². The molecule has 2 N–H and O–H groups in total. The quantitative estimate of drug-likeness (QED) is 0.603. The molecule has 2 aromatic carbocycles. The highest BCUT2D eigenvalue weighted by Crippen LogP contribution is 2.17. The number of benzene rings is 2. The van der Waals surface area contributed by atoms with E-state index in [2.05, 4.69) is 33.2 Å². The van der Waals surface area contributed by atoms with Crippen LogP contribution in [0, 0.1) is 16.3 Å². The molecule has 2 rings (SSSR count). The summed E-state index contributed by atoms with van der Waals surface area (Å²) in [5, 5.41) is 4.94. The third-order valence-corrected chi connectivity index (χ3v) is 3.42. The number of aryl methyl sites for hydroxylation is 1. The van der Waals surface area contributed by atoms with E-state index < -0.39 is 17.6 Å². The standard InChI is InChI=1S/C15H12FIN2O2/c1-9-8-11(17)4-7-13(9)19-15(21)14(20)18-12-5-2-10(16)3-6-12/h2-8H,1H3,(H,18,20)(H,19,21). The minimum Gasteiger partial charge on any atom is -0.318 e. The molecule has 0 aliphatic carbocycles. The Kier molecular flexibility index (Phi) is 4.89. The van der Waals surface area contributed by atoms with Crippen molar-refractivity contribution in [2.75, 3.05) is 10.6 Å². The number of carbonyl (C=O) groups is 2. The second-order valence-corrected chi connectivity index (χ2v) is 5.62. The number of amides is 2. The molecule has 4 nitrogen and oxygen atoms in total. The topological polar surface area (TPSA) is 58.2 Å². The van der Waals surface area contributed by atoms with Crippen LogP contribution in [0.2, 0.25) is 0 Å². The van der Waals surface area contributed by atoms with Crippen molar-refractivity contribution in [1.29, 1.82) is 0 Å². The first-order valence-electron chi connectivity index (χ1n) is 6.10. The Morgan fingerprint density at radius 2 is 1.62 bits per heavy atom. The number of hydrogen-bond donors (Lipinski definition) is 2. The molecule has 0 radical (unpaired) electrons. The van der Waals surface area contributed by atoms with Crippen LogP contribution >= 0.6 is 22.6 Å². The van der Waals surface area contributed by atoms with Crippen LogP contribution in [-0.2, 0) is 9.59 Å². The van der Waals surface area contributed by atoms with Crippen molar-refractivity contribution in [2.24, 2.45) is 0 Å². The number of halogens is 2. The number of rotatable bonds is 2. The van der Waals surface area contributed by atoms with Gasteiger partial charge in [0.1, 0.15) is 5.82 Å². The van der Waals surface area contributed by atoms with E-state index >= 15 is 0 Å². The summed E-state index contributed by atoms with van der Waals surface area (Å²) in [4.78, 5) is 23.6. The van der Waals surface area contributed by atoms with Gasteiger partial charge in [-0.15, -0.1) is 0 Å². The summed E-state index contributed by atoms with van der Waals surface area (Å²) in [6.45, 7) is 1.84. The van der Waals surface area contributed by atoms with Gasteiger partial charge in [0.15, 0.2) is 0 Å². The third-order valence-electron chi connectivity index (χ3n) is 2.74. The van der Waals surface area contributed by atoms with Crippen LogP contribution in [0.25, 0.3) is 0 Å². The summed E-state index contributed by atoms with van der Waals surface area (Å²) in [6, 6.07) is 10.6. The largest absolute Gasteiger partial charge is 0.318 e. The minimum atomic E-state index is -0.806. The lowest BCUT2D eigenvalue weighted by Crippen LogP contribution is -2.29. The lowest BCUT2D eigenvalue weighted by molar-refractivity contribution is -0.133. The second kappa shape index (κ2) is 6.66. The molecule has 0 saturated carbocycles. The van der Waals surface area contributed by atoms with E-state index in [-0.39, 0.29) is 0 Å². The van der Waals surface area contributed by atoms with Crippen molar-refractivity contribution >= 4 is 45.8 Å². The van der Waals surface area contributed by atoms with Crippen molar-refractivity contribution in [2.45, 2.75) is 6.92 Å². The van der Waals surface area contributed by atoms with E-state index in [9.17, 15) is 14.0 Å². The van der Waals surface area contributed by atoms with Crippen LogP contribution in [0.4, 0.5) is 15.8 Å². The Hall–Kier alpha value is -1.96. The Morgan fingerprint density at radius 1 is 1.00 bits per heavy atom. The van der Waals surface area contributed by atoms with Gasteiger partial charge in [0, 0.05) is 14.9 Å². The second-order valence-electron chi connectivity index (χ2n) is 4.37. The summed E-state index contributed by atoms with van der Waals surface area (Å²) in [7, 11) is 0. The molecule has 0 aliphatic heterocycles. The van der Waals surface area contributed by atoms with Gasteiger partial charge in [0.05, 0.1) is 0 Å². The van der Waals surface area contributed by atoms with Gasteiger partial charge in [-0.1, -0.05) is 0 Å². The fourth-order valence-electron chi connectivity index (χ4n) is 1.67. The van der Waals surface area contributed by atoms with Crippen molar-refractivity contribution in [3.8, 4) is 0 Å². The molecule has 6 heteroatoms. The number of hydrogen-bond acceptors (Lipinski definition) is 2. The molecule has 0 aromatic heterocycles. The van der Waals surface area contributed by atoms with Gasteiger partial charge in [0.25, 0.3) is 0 Å². The Bertz CT molecular complexity index is 687. The van der Waals surface area contributed by atoms with Crippen LogP contribution in [0.5, 0.6) is 0 Å². The minimum absolute atomic E-state index is 0.357. The van der Waals surface area contributed by atoms with E-state index in [1.807, 2.05) is 19.1 Å². The molecule has 0 unspecified atom stereocenters. The predicted molar refractivity (Wildman–Crippen MR) is 87.6 cm³/mol. The van der Waals surface area contributed by atoms with Crippen molar-refractivity contribution in [1.82, 2.24) is 0 Å². The van der Waals surface area contributed by atoms with Crippen LogP contribution in [0.1, 0.15) is 5.56 Å². The molecular weight excluding hydrogens is 386 g/mol. The maximum absolute atomic E-state index is 12.8. The van der Waals surface area contributed by atoms with E-state index in [1.54, 1.807) is 6.07 Å². The predicted octanol–water partition coefficient (Wildman–Crippen LogP) is 3.32. The summed E-state index contributed by atoms with van der Waals surface area (Å²) in [5.41, 5.74) is 1.80. The molecule has 0 atom stereocenters. The van der Waals surface area contributed by atoms with Gasteiger partial charge in [0.2, 0.25) is 0 Å². The highest BCUT2D eigenvalue weighted by atomic mass is 127. The molecular formula is C15H12FIN2O2. The molecule has 0 heterocycles. The van der Waals surface area contributed by atoms with Crippen molar-refractivity contribution < 1.29 is 14.0 Å². The van der Waals surface area contributed by atoms with E-state index in [0.29, 0.717) is 11.4 Å². The molecule has 2 amide bonds. The summed E-state index contributed by atoms with van der Waals surface area (Å²) in [5.74, 6) is -1.99. The molecule has 0 spiro atoms. The van der Waals surface area contributed by atoms with Crippen LogP contribution < -0.4 is 10.6 Å². The number of nitrogens with one attached hydrogen (secondary N) is 2. The van der Waals surface area contributed by atoms with Crippen LogP contribution in [-0.4, -0.2) is 11.8 Å². The normalized spacial score (nSPS) is 10.0. The number of carbonyl (C=O) groups excluding carboxylic acids is 2. The molecule has 0 aliphatic rings. The van der Waals surface area contributed by atoms with Gasteiger partial charge in [-0.2, -0.15) is 0 Å². The highest BCUT2D eigenvalue weighted by Gasteiger charge is 2.15. The molecule has 0 saturated heterocycles. The van der Waals surface area contributed by atoms with Gasteiger partial charge >= 0.3 is 11.8 Å². The SMILES string of the molecule is Cc1cc(I)ccc1NC(=O)C(=O)Nc1ccc(F)cc1. The Balaban J connectivity index is 2.02. The first kappa shape index (κ1) is 15.4. The molecule has 2 aromatic rings. The fourth-order valence-corrected chi connectivity index (χ4v) is 2.31. The van der Waals surface area contributed by atoms with Gasteiger partial charge in [-0.3, -0.25) is 9.59 Å². The fraction of sp³-hybridized carbons (Fsp3) is 0.0667. The summed E-state index contributed by atoms with van der Waals surface area (Å²) >= 11 is 2.16. The lowest BCUT2D eigenvalue weighted by Gasteiger charge is -2.09. The van der Waals surface area contributed by atoms with E-state index in [4.69, 9.17) is 0 Å². The molecule has 108 valence electrons. The van der Waals surface area contributed by atoms with Crippen LogP contribution in [0.15, 0.2) is 42.5 Å². The molecule has 0 bridgehead atoms. The van der Waals surface area contributed by atoms with E-state index in [0.717, 1.165) is 9.13 Å². The first-order chi connectivity index (χ1) is 9.95. The summed E-state index contributed by atoms with van der Waals surface area (Å²) < 4.78 is 13.8. The monoisotopic (exact) mass is 398 g/mol.